The quantitative estimate of drug-likeness (QED) is 0.820. The second-order valence-corrected chi connectivity index (χ2v) is 8.08. The van der Waals surface area contributed by atoms with Crippen LogP contribution in [0.25, 0.3) is 0 Å². The molecule has 1 unspecified atom stereocenters. The summed E-state index contributed by atoms with van der Waals surface area (Å²) in [5.41, 5.74) is 0.201. The van der Waals surface area contributed by atoms with Gasteiger partial charge in [0.25, 0.3) is 0 Å². The minimum absolute atomic E-state index is 0.186. The first-order valence-electron chi connectivity index (χ1n) is 10.0. The number of carbonyl (C=O) groups is 1. The van der Waals surface area contributed by atoms with Crippen molar-refractivity contribution in [2.24, 2.45) is 0 Å². The molecule has 1 amide bonds. The molecule has 1 aromatic heterocycles. The van der Waals surface area contributed by atoms with Gasteiger partial charge < -0.3 is 9.47 Å². The summed E-state index contributed by atoms with van der Waals surface area (Å²) in [6.07, 6.45) is 14.1. The lowest BCUT2D eigenvalue weighted by Gasteiger charge is -2.50. The van der Waals surface area contributed by atoms with Crippen LogP contribution in [0.4, 0.5) is 0 Å². The van der Waals surface area contributed by atoms with Gasteiger partial charge in [0.15, 0.2) is 0 Å². The third kappa shape index (κ3) is 3.91. The Morgan fingerprint density at radius 1 is 1.20 bits per heavy atom. The highest BCUT2D eigenvalue weighted by molar-refractivity contribution is 5.80. The van der Waals surface area contributed by atoms with E-state index in [1.807, 2.05) is 36.6 Å². The largest absolute Gasteiger partial charge is 0.342 e. The van der Waals surface area contributed by atoms with Crippen LogP contribution in [0.3, 0.4) is 0 Å². The van der Waals surface area contributed by atoms with Crippen molar-refractivity contribution in [2.45, 2.75) is 76.8 Å². The maximum atomic E-state index is 13.1. The molecule has 0 aromatic carbocycles. The number of nitrogens with zero attached hydrogens (tertiary/aromatic N) is 4. The van der Waals surface area contributed by atoms with Gasteiger partial charge in [0.1, 0.15) is 11.9 Å². The molecule has 5 heteroatoms. The van der Waals surface area contributed by atoms with Gasteiger partial charge in [0.05, 0.1) is 0 Å². The van der Waals surface area contributed by atoms with Gasteiger partial charge in [-0.25, -0.2) is 4.98 Å². The molecule has 2 fully saturated rings. The van der Waals surface area contributed by atoms with E-state index in [9.17, 15) is 4.79 Å². The normalized spacial score (nSPS) is 22.5. The van der Waals surface area contributed by atoms with Gasteiger partial charge in [0.2, 0.25) is 5.91 Å². The highest BCUT2D eigenvalue weighted by Crippen LogP contribution is 2.36. The van der Waals surface area contributed by atoms with Gasteiger partial charge in [-0.1, -0.05) is 25.7 Å². The number of hydrogen-bond acceptors (Lipinski definition) is 3. The first-order valence-corrected chi connectivity index (χ1v) is 10.0. The maximum Gasteiger partial charge on any atom is 0.245 e. The Hall–Kier alpha value is -1.36. The Bertz CT molecular complexity index is 570. The van der Waals surface area contributed by atoms with E-state index in [0.29, 0.717) is 0 Å². The van der Waals surface area contributed by atoms with Gasteiger partial charge >= 0.3 is 0 Å². The number of piperidine rings is 1. The molecule has 1 saturated carbocycles. The molecule has 2 aliphatic rings. The summed E-state index contributed by atoms with van der Waals surface area (Å²) in [7, 11) is 1.99. The lowest BCUT2D eigenvalue weighted by atomic mass is 9.78. The predicted molar refractivity (Wildman–Crippen MR) is 101 cm³/mol. The number of imidazole rings is 1. The van der Waals surface area contributed by atoms with E-state index in [4.69, 9.17) is 0 Å². The van der Waals surface area contributed by atoms with Gasteiger partial charge in [0, 0.05) is 31.5 Å². The Balaban J connectivity index is 1.72. The van der Waals surface area contributed by atoms with Crippen LogP contribution >= 0.6 is 0 Å². The molecule has 0 radical (unpaired) electrons. The third-order valence-corrected chi connectivity index (χ3v) is 6.36. The van der Waals surface area contributed by atoms with E-state index in [2.05, 4.69) is 9.88 Å². The van der Waals surface area contributed by atoms with Crippen molar-refractivity contribution in [2.75, 3.05) is 26.7 Å². The van der Waals surface area contributed by atoms with E-state index in [-0.39, 0.29) is 17.5 Å². The van der Waals surface area contributed by atoms with Gasteiger partial charge in [-0.15, -0.1) is 0 Å². The van der Waals surface area contributed by atoms with Crippen molar-refractivity contribution in [3.05, 3.63) is 18.2 Å². The van der Waals surface area contributed by atoms with E-state index in [0.717, 1.165) is 12.4 Å². The summed E-state index contributed by atoms with van der Waals surface area (Å²) in [6.45, 7) is 7.22. The van der Waals surface area contributed by atoms with Crippen molar-refractivity contribution >= 4 is 5.91 Å². The summed E-state index contributed by atoms with van der Waals surface area (Å²) >= 11 is 0. The summed E-state index contributed by atoms with van der Waals surface area (Å²) in [6, 6.07) is -0.186. The van der Waals surface area contributed by atoms with Crippen molar-refractivity contribution in [3.63, 3.8) is 0 Å². The standard InChI is InChI=1S/C20H34N4O/c1-17(24-15-12-21-18(24)2)19(25)22(3)16-20(10-6-4-7-11-20)23-13-8-5-9-14-23/h12,15,17H,4-11,13-14,16H2,1-3H3. The minimum Gasteiger partial charge on any atom is -0.342 e. The number of hydrogen-bond donors (Lipinski definition) is 0. The summed E-state index contributed by atoms with van der Waals surface area (Å²) in [4.78, 5) is 22.0. The molecule has 140 valence electrons. The monoisotopic (exact) mass is 346 g/mol. The first-order chi connectivity index (χ1) is 12.0. The second kappa shape index (κ2) is 7.90. The molecule has 5 nitrogen and oxygen atoms in total. The highest BCUT2D eigenvalue weighted by Gasteiger charge is 2.40. The fourth-order valence-corrected chi connectivity index (χ4v) is 4.91. The number of rotatable bonds is 5. The SMILES string of the molecule is Cc1nccn1C(C)C(=O)N(C)CC1(N2CCCCC2)CCCCC1. The molecule has 1 atom stereocenters. The van der Waals surface area contributed by atoms with Crippen LogP contribution in [0.5, 0.6) is 0 Å². The molecule has 0 bridgehead atoms. The van der Waals surface area contributed by atoms with Gasteiger partial charge in [-0.2, -0.15) is 0 Å². The Kier molecular flexibility index (Phi) is 5.82. The molecule has 1 aliphatic carbocycles. The number of likely N-dealkylation sites (tertiary alicyclic amines) is 1. The number of carbonyl (C=O) groups excluding carboxylic acids is 1. The topological polar surface area (TPSA) is 41.4 Å². The van der Waals surface area contributed by atoms with E-state index < -0.39 is 0 Å². The number of amides is 1. The van der Waals surface area contributed by atoms with Crippen molar-refractivity contribution < 1.29 is 4.79 Å². The predicted octanol–water partition coefficient (Wildman–Crippen LogP) is 3.40. The summed E-state index contributed by atoms with van der Waals surface area (Å²) in [5.74, 6) is 1.10. The molecule has 1 saturated heterocycles. The molecule has 0 N–H and O–H groups in total. The van der Waals surface area contributed by atoms with Crippen LogP contribution in [0.1, 0.15) is 70.2 Å². The van der Waals surface area contributed by atoms with Crippen LogP contribution in [-0.2, 0) is 4.79 Å². The molecule has 0 spiro atoms. The molecule has 25 heavy (non-hydrogen) atoms. The van der Waals surface area contributed by atoms with Crippen molar-refractivity contribution in [1.82, 2.24) is 19.4 Å². The lowest BCUT2D eigenvalue weighted by molar-refractivity contribution is -0.135. The molecule has 1 aliphatic heterocycles. The third-order valence-electron chi connectivity index (χ3n) is 6.36. The van der Waals surface area contributed by atoms with E-state index in [1.54, 1.807) is 6.20 Å². The maximum absolute atomic E-state index is 13.1. The molecule has 2 heterocycles. The van der Waals surface area contributed by atoms with Crippen molar-refractivity contribution in [1.29, 1.82) is 0 Å². The zero-order valence-electron chi connectivity index (χ0n) is 16.2. The van der Waals surface area contributed by atoms with Gasteiger partial charge in [-0.3, -0.25) is 9.69 Å². The van der Waals surface area contributed by atoms with Crippen LogP contribution < -0.4 is 0 Å². The van der Waals surface area contributed by atoms with E-state index in [1.165, 1.54) is 64.5 Å². The fourth-order valence-electron chi connectivity index (χ4n) is 4.91. The average Bonchev–Trinajstić information content (AvgIpc) is 3.08. The number of aryl methyl sites for hydroxylation is 1. The second-order valence-electron chi connectivity index (χ2n) is 8.08. The van der Waals surface area contributed by atoms with Crippen LogP contribution in [0.2, 0.25) is 0 Å². The van der Waals surface area contributed by atoms with E-state index >= 15 is 0 Å². The first kappa shape index (κ1) is 18.4. The summed E-state index contributed by atoms with van der Waals surface area (Å²) < 4.78 is 1.98. The zero-order chi connectivity index (χ0) is 17.9. The fraction of sp³-hybridized carbons (Fsp3) is 0.800. The number of likely N-dealkylation sites (N-methyl/N-ethyl adjacent to an activating group) is 1. The molecular weight excluding hydrogens is 312 g/mol. The Morgan fingerprint density at radius 2 is 1.84 bits per heavy atom. The molecule has 1 aromatic rings. The number of aromatic nitrogens is 2. The highest BCUT2D eigenvalue weighted by atomic mass is 16.2. The van der Waals surface area contributed by atoms with Crippen LogP contribution in [0, 0.1) is 6.92 Å². The average molecular weight is 347 g/mol. The zero-order valence-corrected chi connectivity index (χ0v) is 16.2. The lowest BCUT2D eigenvalue weighted by Crippen LogP contribution is -2.58. The van der Waals surface area contributed by atoms with Gasteiger partial charge in [-0.05, 0) is 52.6 Å². The smallest absolute Gasteiger partial charge is 0.245 e. The van der Waals surface area contributed by atoms with Crippen LogP contribution in [-0.4, -0.2) is 57.5 Å². The van der Waals surface area contributed by atoms with Crippen LogP contribution in [0.15, 0.2) is 12.4 Å². The molecular formula is C20H34N4O. The van der Waals surface area contributed by atoms with Crippen molar-refractivity contribution in [3.8, 4) is 0 Å². The molecule has 3 rings (SSSR count). The Labute approximate surface area is 152 Å². The minimum atomic E-state index is -0.186. The Morgan fingerprint density at radius 3 is 2.44 bits per heavy atom. The summed E-state index contributed by atoms with van der Waals surface area (Å²) in [5, 5.41) is 0.